The molecule has 2 heterocycles. The highest BCUT2D eigenvalue weighted by Crippen LogP contribution is 2.21. The number of amides is 1. The number of aliphatic hydroxyl groups is 1. The summed E-state index contributed by atoms with van der Waals surface area (Å²) in [5.41, 5.74) is 2.36. The summed E-state index contributed by atoms with van der Waals surface area (Å²) in [6.45, 7) is 2.61. The first-order chi connectivity index (χ1) is 11.3. The second-order valence-corrected chi connectivity index (χ2v) is 6.83. The van der Waals surface area contributed by atoms with Gasteiger partial charge in [0, 0.05) is 19.1 Å². The molecule has 0 unspecified atom stereocenters. The van der Waals surface area contributed by atoms with Crippen molar-refractivity contribution < 1.29 is 9.90 Å². The molecule has 1 atom stereocenters. The van der Waals surface area contributed by atoms with E-state index < -0.39 is 0 Å². The summed E-state index contributed by atoms with van der Waals surface area (Å²) in [5.74, 6) is -0.0239. The molecule has 0 spiro atoms. The molecule has 5 heteroatoms. The number of hydrogen-bond donors (Lipinski definition) is 2. The summed E-state index contributed by atoms with van der Waals surface area (Å²) in [6, 6.07) is 12.2. The Labute approximate surface area is 140 Å². The van der Waals surface area contributed by atoms with Crippen molar-refractivity contribution in [3.8, 4) is 0 Å². The van der Waals surface area contributed by atoms with Crippen LogP contribution in [0.25, 0.3) is 0 Å². The van der Waals surface area contributed by atoms with Crippen molar-refractivity contribution in [3.63, 3.8) is 0 Å². The summed E-state index contributed by atoms with van der Waals surface area (Å²) >= 11 is 1.45. The van der Waals surface area contributed by atoms with Gasteiger partial charge in [0.1, 0.15) is 0 Å². The molecule has 3 rings (SSSR count). The lowest BCUT2D eigenvalue weighted by Crippen LogP contribution is -2.32. The minimum absolute atomic E-state index is 0.0239. The Kier molecular flexibility index (Phi) is 5.43. The zero-order valence-corrected chi connectivity index (χ0v) is 13.9. The average molecular weight is 330 g/mol. The number of thiophene rings is 1. The fraction of sp³-hybridized carbons (Fsp3) is 0.389. The second-order valence-electron chi connectivity index (χ2n) is 5.88. The minimum Gasteiger partial charge on any atom is -0.395 e. The molecule has 0 radical (unpaired) electrons. The zero-order chi connectivity index (χ0) is 16.1. The Morgan fingerprint density at radius 1 is 1.26 bits per heavy atom. The topological polar surface area (TPSA) is 52.6 Å². The highest BCUT2D eigenvalue weighted by atomic mass is 32.1. The van der Waals surface area contributed by atoms with Gasteiger partial charge in [-0.3, -0.25) is 9.69 Å². The molecule has 1 aromatic carbocycles. The van der Waals surface area contributed by atoms with Gasteiger partial charge in [-0.25, -0.2) is 0 Å². The summed E-state index contributed by atoms with van der Waals surface area (Å²) in [5, 5.41) is 14.4. The third-order valence-corrected chi connectivity index (χ3v) is 5.25. The van der Waals surface area contributed by atoms with Gasteiger partial charge in [0.05, 0.1) is 11.5 Å². The van der Waals surface area contributed by atoms with Crippen LogP contribution >= 0.6 is 11.3 Å². The lowest BCUT2D eigenvalue weighted by atomic mass is 10.1. The Hall–Kier alpha value is -1.69. The van der Waals surface area contributed by atoms with E-state index in [0.29, 0.717) is 6.54 Å². The van der Waals surface area contributed by atoms with Gasteiger partial charge in [-0.2, -0.15) is 0 Å². The SMILES string of the molecule is O=C(NCc1ccccc1CN1CCC[C@@H]1CO)c1cccs1. The molecule has 0 bridgehead atoms. The maximum atomic E-state index is 12.1. The van der Waals surface area contributed by atoms with Crippen LogP contribution in [0.3, 0.4) is 0 Å². The number of nitrogens with one attached hydrogen (secondary N) is 1. The Bertz CT molecular complexity index is 642. The van der Waals surface area contributed by atoms with Crippen molar-refractivity contribution in [1.82, 2.24) is 10.2 Å². The van der Waals surface area contributed by atoms with Crippen LogP contribution in [0.2, 0.25) is 0 Å². The molecule has 122 valence electrons. The number of hydrogen-bond acceptors (Lipinski definition) is 4. The molecule has 2 N–H and O–H groups in total. The number of rotatable bonds is 6. The zero-order valence-electron chi connectivity index (χ0n) is 13.1. The van der Waals surface area contributed by atoms with Crippen LogP contribution in [0.5, 0.6) is 0 Å². The molecule has 0 saturated carbocycles. The van der Waals surface area contributed by atoms with E-state index in [1.807, 2.05) is 29.6 Å². The highest BCUT2D eigenvalue weighted by Gasteiger charge is 2.24. The number of carbonyl (C=O) groups excluding carboxylic acids is 1. The fourth-order valence-electron chi connectivity index (χ4n) is 3.08. The van der Waals surface area contributed by atoms with Gasteiger partial charge in [0.2, 0.25) is 0 Å². The smallest absolute Gasteiger partial charge is 0.261 e. The monoisotopic (exact) mass is 330 g/mol. The lowest BCUT2D eigenvalue weighted by molar-refractivity contribution is 0.0954. The Morgan fingerprint density at radius 2 is 2.09 bits per heavy atom. The molecule has 23 heavy (non-hydrogen) atoms. The third kappa shape index (κ3) is 3.99. The second kappa shape index (κ2) is 7.73. The molecular weight excluding hydrogens is 308 g/mol. The van der Waals surface area contributed by atoms with Gasteiger partial charge in [0.25, 0.3) is 5.91 Å². The van der Waals surface area contributed by atoms with Crippen LogP contribution in [0.4, 0.5) is 0 Å². The van der Waals surface area contributed by atoms with Gasteiger partial charge in [0.15, 0.2) is 0 Å². The third-order valence-electron chi connectivity index (χ3n) is 4.39. The summed E-state index contributed by atoms with van der Waals surface area (Å²) in [4.78, 5) is 15.2. The van der Waals surface area contributed by atoms with Gasteiger partial charge < -0.3 is 10.4 Å². The Balaban J connectivity index is 1.65. The molecule has 1 aliphatic heterocycles. The summed E-state index contributed by atoms with van der Waals surface area (Å²) in [6.07, 6.45) is 2.20. The maximum Gasteiger partial charge on any atom is 0.261 e. The summed E-state index contributed by atoms with van der Waals surface area (Å²) in [7, 11) is 0. The normalized spacial score (nSPS) is 18.2. The van der Waals surface area contributed by atoms with Crippen molar-refractivity contribution in [2.24, 2.45) is 0 Å². The van der Waals surface area contributed by atoms with Gasteiger partial charge >= 0.3 is 0 Å². The van der Waals surface area contributed by atoms with Crippen molar-refractivity contribution in [2.75, 3.05) is 13.2 Å². The van der Waals surface area contributed by atoms with Crippen molar-refractivity contribution in [3.05, 3.63) is 57.8 Å². The molecule has 1 amide bonds. The first-order valence-electron chi connectivity index (χ1n) is 8.01. The van der Waals surface area contributed by atoms with Crippen molar-refractivity contribution >= 4 is 17.2 Å². The van der Waals surface area contributed by atoms with E-state index in [9.17, 15) is 9.90 Å². The Morgan fingerprint density at radius 3 is 2.83 bits per heavy atom. The molecule has 1 aliphatic rings. The molecule has 0 aliphatic carbocycles. The predicted octanol–water partition coefficient (Wildman–Crippen LogP) is 2.63. The first kappa shape index (κ1) is 16.2. The van der Waals surface area contributed by atoms with Crippen LogP contribution in [0, 0.1) is 0 Å². The number of benzene rings is 1. The molecule has 1 fully saturated rings. The van der Waals surface area contributed by atoms with E-state index in [-0.39, 0.29) is 18.6 Å². The molecule has 2 aromatic rings. The van der Waals surface area contributed by atoms with E-state index in [2.05, 4.69) is 22.3 Å². The molecule has 1 aromatic heterocycles. The van der Waals surface area contributed by atoms with Gasteiger partial charge in [-0.05, 0) is 42.0 Å². The predicted molar refractivity (Wildman–Crippen MR) is 92.4 cm³/mol. The number of nitrogens with zero attached hydrogens (tertiary/aromatic N) is 1. The quantitative estimate of drug-likeness (QED) is 0.856. The largest absolute Gasteiger partial charge is 0.395 e. The number of carbonyl (C=O) groups is 1. The average Bonchev–Trinajstić information content (AvgIpc) is 3.25. The van der Waals surface area contributed by atoms with E-state index >= 15 is 0 Å². The van der Waals surface area contributed by atoms with Crippen LogP contribution in [-0.2, 0) is 13.1 Å². The minimum atomic E-state index is -0.0239. The van der Waals surface area contributed by atoms with Crippen molar-refractivity contribution in [2.45, 2.75) is 32.0 Å². The first-order valence-corrected chi connectivity index (χ1v) is 8.89. The van der Waals surface area contributed by atoms with E-state index in [4.69, 9.17) is 0 Å². The van der Waals surface area contributed by atoms with Crippen LogP contribution in [0.1, 0.15) is 33.6 Å². The van der Waals surface area contributed by atoms with E-state index in [1.54, 1.807) is 0 Å². The van der Waals surface area contributed by atoms with E-state index in [0.717, 1.165) is 36.4 Å². The van der Waals surface area contributed by atoms with Crippen molar-refractivity contribution in [1.29, 1.82) is 0 Å². The maximum absolute atomic E-state index is 12.1. The number of likely N-dealkylation sites (tertiary alicyclic amines) is 1. The fourth-order valence-corrected chi connectivity index (χ4v) is 3.72. The van der Waals surface area contributed by atoms with Crippen LogP contribution < -0.4 is 5.32 Å². The standard InChI is InChI=1S/C18H22N2O2S/c21-13-16-7-3-9-20(16)12-15-6-2-1-5-14(15)11-19-18(22)17-8-4-10-23-17/h1-2,4-6,8,10,16,21H,3,7,9,11-13H2,(H,19,22)/t16-/m1/s1. The lowest BCUT2D eigenvalue weighted by Gasteiger charge is -2.24. The van der Waals surface area contributed by atoms with Gasteiger partial charge in [-0.1, -0.05) is 30.3 Å². The molecule has 4 nitrogen and oxygen atoms in total. The molecular formula is C18H22N2O2S. The van der Waals surface area contributed by atoms with Gasteiger partial charge in [-0.15, -0.1) is 11.3 Å². The van der Waals surface area contributed by atoms with Crippen LogP contribution in [-0.4, -0.2) is 35.1 Å². The number of aliphatic hydroxyl groups excluding tert-OH is 1. The van der Waals surface area contributed by atoms with E-state index in [1.165, 1.54) is 16.9 Å². The summed E-state index contributed by atoms with van der Waals surface area (Å²) < 4.78 is 0. The highest BCUT2D eigenvalue weighted by molar-refractivity contribution is 7.12. The molecule has 1 saturated heterocycles. The van der Waals surface area contributed by atoms with Crippen LogP contribution in [0.15, 0.2) is 41.8 Å².